The van der Waals surface area contributed by atoms with Crippen LogP contribution in [0.5, 0.6) is 0 Å². The highest BCUT2D eigenvalue weighted by Crippen LogP contribution is 2.43. The molecule has 2 unspecified atom stereocenters. The smallest absolute Gasteiger partial charge is 0.174 e. The summed E-state index contributed by atoms with van der Waals surface area (Å²) in [6, 6.07) is 23.7. The van der Waals surface area contributed by atoms with Crippen molar-refractivity contribution in [1.29, 1.82) is 0 Å². The Morgan fingerprint density at radius 3 is 2.41 bits per heavy atom. The molecule has 1 aliphatic heterocycles. The summed E-state index contributed by atoms with van der Waals surface area (Å²) in [5.41, 5.74) is 5.29. The van der Waals surface area contributed by atoms with Crippen molar-refractivity contribution >= 4 is 34.6 Å². The Morgan fingerprint density at radius 1 is 0.969 bits per heavy atom. The predicted octanol–water partition coefficient (Wildman–Crippen LogP) is 6.79. The number of hydrogen-bond acceptors (Lipinski definition) is 3. The molecular weight excluding hydrogens is 438 g/mol. The molecular formula is C26H22ClN3OS. The summed E-state index contributed by atoms with van der Waals surface area (Å²) in [6.45, 7) is 4.19. The summed E-state index contributed by atoms with van der Waals surface area (Å²) >= 11 is 11.9. The summed E-state index contributed by atoms with van der Waals surface area (Å²) in [5, 5.41) is 4.83. The van der Waals surface area contributed by atoms with Crippen LogP contribution in [-0.4, -0.2) is 10.1 Å². The van der Waals surface area contributed by atoms with Crippen LogP contribution in [0.2, 0.25) is 5.02 Å². The lowest BCUT2D eigenvalue weighted by molar-refractivity contribution is 0.439. The number of furan rings is 1. The Balaban J connectivity index is 1.61. The fraction of sp³-hybridized carbons (Fsp3) is 0.154. The quantitative estimate of drug-likeness (QED) is 0.340. The summed E-state index contributed by atoms with van der Waals surface area (Å²) in [7, 11) is 0. The first-order valence-corrected chi connectivity index (χ1v) is 11.2. The van der Waals surface area contributed by atoms with Gasteiger partial charge in [0.15, 0.2) is 5.11 Å². The van der Waals surface area contributed by atoms with Crippen LogP contribution in [0.1, 0.15) is 34.7 Å². The van der Waals surface area contributed by atoms with E-state index in [-0.39, 0.29) is 12.1 Å². The van der Waals surface area contributed by atoms with E-state index in [9.17, 15) is 0 Å². The van der Waals surface area contributed by atoms with Gasteiger partial charge in [-0.05, 0) is 97.9 Å². The van der Waals surface area contributed by atoms with Crippen LogP contribution in [-0.2, 0) is 0 Å². The molecule has 0 aliphatic carbocycles. The third-order valence-corrected chi connectivity index (χ3v) is 6.20. The van der Waals surface area contributed by atoms with Crippen LogP contribution in [0.15, 0.2) is 83.4 Å². The molecule has 160 valence electrons. The van der Waals surface area contributed by atoms with Crippen LogP contribution in [0.25, 0.3) is 11.3 Å². The first-order valence-electron chi connectivity index (χ1n) is 10.4. The van der Waals surface area contributed by atoms with Crippen molar-refractivity contribution in [3.63, 3.8) is 0 Å². The molecule has 6 heteroatoms. The van der Waals surface area contributed by atoms with Gasteiger partial charge in [0, 0.05) is 22.5 Å². The molecule has 4 aromatic rings. The van der Waals surface area contributed by atoms with Crippen molar-refractivity contribution in [2.24, 2.45) is 0 Å². The second-order valence-corrected chi connectivity index (χ2v) is 8.87. The van der Waals surface area contributed by atoms with Gasteiger partial charge < -0.3 is 14.6 Å². The highest BCUT2D eigenvalue weighted by molar-refractivity contribution is 7.80. The maximum absolute atomic E-state index is 6.39. The lowest BCUT2D eigenvalue weighted by Gasteiger charge is -2.26. The Morgan fingerprint density at radius 2 is 1.72 bits per heavy atom. The van der Waals surface area contributed by atoms with E-state index in [1.54, 1.807) is 6.20 Å². The number of nitrogens with zero attached hydrogens (tertiary/aromatic N) is 2. The highest BCUT2D eigenvalue weighted by atomic mass is 35.5. The number of aryl methyl sites for hydroxylation is 2. The van der Waals surface area contributed by atoms with Gasteiger partial charge in [-0.2, -0.15) is 0 Å². The molecule has 1 saturated heterocycles. The number of anilines is 1. The zero-order chi connectivity index (χ0) is 22.2. The maximum atomic E-state index is 6.39. The van der Waals surface area contributed by atoms with Crippen LogP contribution < -0.4 is 10.2 Å². The Hall–Kier alpha value is -3.15. The number of hydrogen-bond donors (Lipinski definition) is 1. The SMILES string of the molecule is Cc1cc(C)cc(N2C(=S)NC(c3ccccn3)C2c2ccc(-c3ccc(Cl)cc3)o2)c1. The van der Waals surface area contributed by atoms with Crippen molar-refractivity contribution in [3.05, 3.63) is 107 Å². The average Bonchev–Trinajstić information content (AvgIpc) is 3.39. The molecule has 4 nitrogen and oxygen atoms in total. The van der Waals surface area contributed by atoms with Crippen molar-refractivity contribution in [1.82, 2.24) is 10.3 Å². The van der Waals surface area contributed by atoms with Crippen molar-refractivity contribution in [3.8, 4) is 11.3 Å². The second-order valence-electron chi connectivity index (χ2n) is 8.05. The molecule has 5 rings (SSSR count). The molecule has 2 aromatic carbocycles. The number of nitrogens with one attached hydrogen (secondary N) is 1. The Labute approximate surface area is 197 Å². The van der Waals surface area contributed by atoms with E-state index in [0.717, 1.165) is 28.5 Å². The van der Waals surface area contributed by atoms with Crippen LogP contribution in [0.3, 0.4) is 0 Å². The number of rotatable bonds is 4. The largest absolute Gasteiger partial charge is 0.459 e. The van der Waals surface area contributed by atoms with E-state index in [2.05, 4.69) is 47.2 Å². The Bertz CT molecular complexity index is 1250. The standard InChI is InChI=1S/C26H22ClN3OS/c1-16-13-17(2)15-20(14-16)30-25(24(29-26(30)32)21-5-3-4-12-28-21)23-11-10-22(31-23)18-6-8-19(27)9-7-18/h3-15,24-25H,1-2H3,(H,29,32). The van der Waals surface area contributed by atoms with Gasteiger partial charge in [0.1, 0.15) is 17.6 Å². The van der Waals surface area contributed by atoms with Gasteiger partial charge in [-0.25, -0.2) is 0 Å². The minimum atomic E-state index is -0.181. The number of thiocarbonyl (C=S) groups is 1. The van der Waals surface area contributed by atoms with Gasteiger partial charge in [-0.1, -0.05) is 23.7 Å². The van der Waals surface area contributed by atoms with Crippen molar-refractivity contribution < 1.29 is 4.42 Å². The van der Waals surface area contributed by atoms with E-state index in [4.69, 9.17) is 28.2 Å². The third-order valence-electron chi connectivity index (χ3n) is 5.63. The van der Waals surface area contributed by atoms with E-state index < -0.39 is 0 Å². The predicted molar refractivity (Wildman–Crippen MR) is 133 cm³/mol. The van der Waals surface area contributed by atoms with Gasteiger partial charge in [0.25, 0.3) is 0 Å². The number of halogens is 1. The summed E-state index contributed by atoms with van der Waals surface area (Å²) < 4.78 is 6.39. The number of aromatic nitrogens is 1. The first kappa shape index (κ1) is 20.7. The third kappa shape index (κ3) is 3.90. The van der Waals surface area contributed by atoms with E-state index >= 15 is 0 Å². The lowest BCUT2D eigenvalue weighted by atomic mass is 10.0. The van der Waals surface area contributed by atoms with Crippen LogP contribution in [0.4, 0.5) is 5.69 Å². The van der Waals surface area contributed by atoms with Gasteiger partial charge >= 0.3 is 0 Å². The van der Waals surface area contributed by atoms with Crippen molar-refractivity contribution in [2.75, 3.05) is 4.90 Å². The van der Waals surface area contributed by atoms with E-state index in [0.29, 0.717) is 10.1 Å². The average molecular weight is 460 g/mol. The monoisotopic (exact) mass is 459 g/mol. The Kier molecular flexibility index (Phi) is 5.45. The van der Waals surface area contributed by atoms with Gasteiger partial charge in [0.05, 0.1) is 11.7 Å². The van der Waals surface area contributed by atoms with Gasteiger partial charge in [0.2, 0.25) is 0 Å². The highest BCUT2D eigenvalue weighted by Gasteiger charge is 2.42. The fourth-order valence-electron chi connectivity index (χ4n) is 4.29. The second kappa shape index (κ2) is 8.41. The van der Waals surface area contributed by atoms with Crippen LogP contribution in [0, 0.1) is 13.8 Å². The summed E-state index contributed by atoms with van der Waals surface area (Å²) in [4.78, 5) is 6.74. The van der Waals surface area contributed by atoms with E-state index in [1.807, 2.05) is 54.6 Å². The van der Waals surface area contributed by atoms with Gasteiger partial charge in [-0.15, -0.1) is 0 Å². The topological polar surface area (TPSA) is 41.3 Å². The summed E-state index contributed by atoms with van der Waals surface area (Å²) in [5.74, 6) is 1.60. The molecule has 2 atom stereocenters. The molecule has 0 spiro atoms. The lowest BCUT2D eigenvalue weighted by Crippen LogP contribution is -2.29. The van der Waals surface area contributed by atoms with Gasteiger partial charge in [-0.3, -0.25) is 4.98 Å². The molecule has 1 aliphatic rings. The first-order chi connectivity index (χ1) is 15.5. The molecule has 2 aromatic heterocycles. The van der Waals surface area contributed by atoms with Crippen molar-refractivity contribution in [2.45, 2.75) is 25.9 Å². The maximum Gasteiger partial charge on any atom is 0.174 e. The molecule has 1 fully saturated rings. The number of benzene rings is 2. The zero-order valence-electron chi connectivity index (χ0n) is 17.7. The molecule has 0 saturated carbocycles. The number of pyridine rings is 1. The molecule has 1 N–H and O–H groups in total. The molecule has 32 heavy (non-hydrogen) atoms. The van der Waals surface area contributed by atoms with E-state index in [1.165, 1.54) is 11.1 Å². The minimum absolute atomic E-state index is 0.145. The minimum Gasteiger partial charge on any atom is -0.459 e. The molecule has 0 bridgehead atoms. The normalized spacial score (nSPS) is 18.1. The fourth-order valence-corrected chi connectivity index (χ4v) is 4.76. The zero-order valence-corrected chi connectivity index (χ0v) is 19.3. The molecule has 3 heterocycles. The van der Waals surface area contributed by atoms with Crippen LogP contribution >= 0.6 is 23.8 Å². The molecule has 0 amide bonds. The molecule has 0 radical (unpaired) electrons. The summed E-state index contributed by atoms with van der Waals surface area (Å²) in [6.07, 6.45) is 1.80.